The lowest BCUT2D eigenvalue weighted by Gasteiger charge is -2.18. The average molecular weight is 418 g/mol. The molecular weight excluding hydrogens is 387 g/mol. The number of aryl methyl sites for hydroxylation is 1. The number of hydrogen-bond donors (Lipinski definition) is 2. The first-order valence-corrected chi connectivity index (χ1v) is 10.8. The van der Waals surface area contributed by atoms with E-state index in [1.165, 1.54) is 16.7 Å². The van der Waals surface area contributed by atoms with Crippen LogP contribution in [0.25, 0.3) is 0 Å². The Hall–Kier alpha value is -2.64. The molecule has 0 radical (unpaired) electrons. The molecule has 0 amide bonds. The maximum Gasteiger partial charge on any atom is 0.713 e. The molecule has 31 heavy (non-hydrogen) atoms. The predicted octanol–water partition coefficient (Wildman–Crippen LogP) is 3.77. The topological polar surface area (TPSA) is 79.7 Å². The Balaban J connectivity index is 1.62. The molecule has 0 saturated heterocycles. The van der Waals surface area contributed by atoms with Gasteiger partial charge in [0.1, 0.15) is 5.75 Å². The summed E-state index contributed by atoms with van der Waals surface area (Å²) in [5.41, 5.74) is 14.9. The molecule has 0 aliphatic heterocycles. The van der Waals surface area contributed by atoms with Gasteiger partial charge in [-0.15, -0.1) is 0 Å². The summed E-state index contributed by atoms with van der Waals surface area (Å²) in [6.45, 7) is 1.50. The van der Waals surface area contributed by atoms with Gasteiger partial charge in [0.2, 0.25) is 0 Å². The van der Waals surface area contributed by atoms with Crippen LogP contribution in [-0.4, -0.2) is 33.6 Å². The molecule has 0 unspecified atom stereocenters. The SMILES string of the molecule is NCCOB(OCCN)Oc1ccc(CCC(c2ccccc2)c2ccccc2)cc1. The molecule has 162 valence electrons. The van der Waals surface area contributed by atoms with Gasteiger partial charge in [0.05, 0.1) is 0 Å². The van der Waals surface area contributed by atoms with Crippen molar-refractivity contribution >= 4 is 7.32 Å². The molecule has 0 spiro atoms. The maximum absolute atomic E-state index is 5.78. The van der Waals surface area contributed by atoms with Crippen LogP contribution >= 0.6 is 0 Å². The van der Waals surface area contributed by atoms with Gasteiger partial charge in [-0.2, -0.15) is 0 Å². The number of nitrogens with two attached hydrogens (primary N) is 2. The van der Waals surface area contributed by atoms with Crippen molar-refractivity contribution in [3.63, 3.8) is 0 Å². The molecule has 3 aromatic rings. The molecule has 0 aliphatic carbocycles. The van der Waals surface area contributed by atoms with E-state index in [9.17, 15) is 0 Å². The third-order valence-electron chi connectivity index (χ3n) is 5.02. The lowest BCUT2D eigenvalue weighted by atomic mass is 9.86. The monoisotopic (exact) mass is 418 g/mol. The van der Waals surface area contributed by atoms with Crippen LogP contribution in [0.4, 0.5) is 0 Å². The fraction of sp³-hybridized carbons (Fsp3) is 0.280. The van der Waals surface area contributed by atoms with Gasteiger partial charge in [-0.3, -0.25) is 0 Å². The van der Waals surface area contributed by atoms with Crippen molar-refractivity contribution in [1.82, 2.24) is 0 Å². The van der Waals surface area contributed by atoms with E-state index in [-0.39, 0.29) is 0 Å². The fourth-order valence-corrected chi connectivity index (χ4v) is 3.50. The summed E-state index contributed by atoms with van der Waals surface area (Å²) in [4.78, 5) is 0. The summed E-state index contributed by atoms with van der Waals surface area (Å²) in [5.74, 6) is 1.04. The Kier molecular flexibility index (Phi) is 9.60. The van der Waals surface area contributed by atoms with Crippen LogP contribution in [0.5, 0.6) is 5.75 Å². The van der Waals surface area contributed by atoms with Crippen LogP contribution in [0.3, 0.4) is 0 Å². The van der Waals surface area contributed by atoms with Crippen molar-refractivity contribution in [2.24, 2.45) is 11.5 Å². The van der Waals surface area contributed by atoms with E-state index >= 15 is 0 Å². The Bertz CT molecular complexity index is 815. The summed E-state index contributed by atoms with van der Waals surface area (Å²) in [7, 11) is -0.807. The van der Waals surface area contributed by atoms with E-state index in [1.807, 2.05) is 12.1 Å². The zero-order valence-electron chi connectivity index (χ0n) is 17.9. The Labute approximate surface area is 185 Å². The van der Waals surface area contributed by atoms with Crippen LogP contribution < -0.4 is 16.1 Å². The molecule has 0 atom stereocenters. The smallest absolute Gasteiger partial charge is 0.512 e. The molecule has 3 rings (SSSR count). The molecule has 5 nitrogen and oxygen atoms in total. The van der Waals surface area contributed by atoms with Gasteiger partial charge in [0, 0.05) is 32.2 Å². The minimum Gasteiger partial charge on any atom is -0.512 e. The molecule has 4 N–H and O–H groups in total. The van der Waals surface area contributed by atoms with Crippen molar-refractivity contribution < 1.29 is 14.0 Å². The van der Waals surface area contributed by atoms with Crippen LogP contribution in [0.15, 0.2) is 84.9 Å². The van der Waals surface area contributed by atoms with Gasteiger partial charge in [-0.05, 0) is 41.7 Å². The molecule has 0 bridgehead atoms. The van der Waals surface area contributed by atoms with E-state index in [1.54, 1.807) is 0 Å². The lowest BCUT2D eigenvalue weighted by molar-refractivity contribution is 0.147. The van der Waals surface area contributed by atoms with E-state index in [0.29, 0.717) is 38.0 Å². The highest BCUT2D eigenvalue weighted by atomic mass is 16.7. The second kappa shape index (κ2) is 12.9. The second-order valence-electron chi connectivity index (χ2n) is 7.28. The molecular formula is C25H31BN2O3. The van der Waals surface area contributed by atoms with E-state index < -0.39 is 7.32 Å². The summed E-state index contributed by atoms with van der Waals surface area (Å²) in [6.07, 6.45) is 1.99. The molecule has 3 aromatic carbocycles. The molecule has 0 saturated carbocycles. The molecule has 0 fully saturated rings. The van der Waals surface area contributed by atoms with Gasteiger partial charge < -0.3 is 25.4 Å². The third-order valence-corrected chi connectivity index (χ3v) is 5.02. The quantitative estimate of drug-likeness (QED) is 0.413. The summed E-state index contributed by atoms with van der Waals surface area (Å²) >= 11 is 0. The van der Waals surface area contributed by atoms with E-state index in [2.05, 4.69) is 72.8 Å². The van der Waals surface area contributed by atoms with Crippen molar-refractivity contribution in [2.45, 2.75) is 18.8 Å². The van der Waals surface area contributed by atoms with E-state index in [4.69, 9.17) is 25.4 Å². The summed E-state index contributed by atoms with van der Waals surface area (Å²) in [5, 5.41) is 0. The summed E-state index contributed by atoms with van der Waals surface area (Å²) in [6, 6.07) is 29.4. The standard InChI is InChI=1S/C25H31BN2O3/c27-17-19-29-26(30-20-18-28)31-24-14-11-21(12-15-24)13-16-25(22-7-3-1-4-8-22)23-9-5-2-6-10-23/h1-12,14-15,25H,13,16-20,27-28H2. The Morgan fingerprint density at radius 3 is 1.68 bits per heavy atom. The van der Waals surface area contributed by atoms with Crippen LogP contribution in [0.2, 0.25) is 0 Å². The highest BCUT2D eigenvalue weighted by Gasteiger charge is 2.23. The van der Waals surface area contributed by atoms with Gasteiger partial charge in [0.25, 0.3) is 0 Å². The summed E-state index contributed by atoms with van der Waals surface area (Å²) < 4.78 is 16.7. The normalized spacial score (nSPS) is 10.9. The zero-order valence-corrected chi connectivity index (χ0v) is 17.9. The van der Waals surface area contributed by atoms with Gasteiger partial charge in [0.15, 0.2) is 0 Å². The van der Waals surface area contributed by atoms with E-state index in [0.717, 1.165) is 12.8 Å². The largest absolute Gasteiger partial charge is 0.713 e. The zero-order chi connectivity index (χ0) is 21.7. The number of hydrogen-bond acceptors (Lipinski definition) is 5. The van der Waals surface area contributed by atoms with Crippen molar-refractivity contribution in [1.29, 1.82) is 0 Å². The maximum atomic E-state index is 5.78. The van der Waals surface area contributed by atoms with Crippen molar-refractivity contribution in [3.8, 4) is 5.75 Å². The molecule has 0 aromatic heterocycles. The number of rotatable bonds is 13. The van der Waals surface area contributed by atoms with Gasteiger partial charge in [-0.1, -0.05) is 72.8 Å². The first-order valence-electron chi connectivity index (χ1n) is 10.8. The minimum atomic E-state index is -0.807. The van der Waals surface area contributed by atoms with Crippen LogP contribution in [0.1, 0.15) is 29.0 Å². The highest BCUT2D eigenvalue weighted by Crippen LogP contribution is 2.29. The van der Waals surface area contributed by atoms with Gasteiger partial charge in [-0.25, -0.2) is 0 Å². The minimum absolute atomic E-state index is 0.355. The Morgan fingerprint density at radius 2 is 1.19 bits per heavy atom. The van der Waals surface area contributed by atoms with Crippen molar-refractivity contribution in [3.05, 3.63) is 102 Å². The number of benzene rings is 3. The second-order valence-corrected chi connectivity index (χ2v) is 7.28. The third kappa shape index (κ3) is 7.53. The van der Waals surface area contributed by atoms with Gasteiger partial charge >= 0.3 is 7.32 Å². The Morgan fingerprint density at radius 1 is 0.677 bits per heavy atom. The first-order chi connectivity index (χ1) is 15.3. The lowest BCUT2D eigenvalue weighted by Crippen LogP contribution is -2.34. The van der Waals surface area contributed by atoms with Crippen molar-refractivity contribution in [2.75, 3.05) is 26.3 Å². The highest BCUT2D eigenvalue weighted by molar-refractivity contribution is 6.37. The van der Waals surface area contributed by atoms with Crippen LogP contribution in [-0.2, 0) is 15.7 Å². The average Bonchev–Trinajstić information content (AvgIpc) is 2.83. The first kappa shape index (κ1) is 23.0. The predicted molar refractivity (Wildman–Crippen MR) is 126 cm³/mol. The fourth-order valence-electron chi connectivity index (χ4n) is 3.50. The molecule has 0 aliphatic rings. The van der Waals surface area contributed by atoms with Crippen LogP contribution in [0, 0.1) is 0 Å². The molecule has 0 heterocycles. The molecule has 6 heteroatoms.